The normalized spacial score (nSPS) is 24.2. The van der Waals surface area contributed by atoms with Gasteiger partial charge >= 0.3 is 0 Å². The van der Waals surface area contributed by atoms with Crippen LogP contribution < -0.4 is 0 Å². The predicted molar refractivity (Wildman–Crippen MR) is 106 cm³/mol. The molecule has 0 spiro atoms. The maximum atomic E-state index is 13.2. The van der Waals surface area contributed by atoms with Gasteiger partial charge in [-0.05, 0) is 30.5 Å². The van der Waals surface area contributed by atoms with Gasteiger partial charge in [-0.3, -0.25) is 9.78 Å². The van der Waals surface area contributed by atoms with Crippen LogP contribution in [0.1, 0.15) is 34.9 Å². The first-order chi connectivity index (χ1) is 13.7. The Morgan fingerprint density at radius 3 is 2.54 bits per heavy atom. The lowest BCUT2D eigenvalue weighted by atomic mass is 9.96. The Balaban J connectivity index is 1.59. The van der Waals surface area contributed by atoms with Crippen molar-refractivity contribution in [2.75, 3.05) is 32.8 Å². The lowest BCUT2D eigenvalue weighted by molar-refractivity contribution is -0.0771. The van der Waals surface area contributed by atoms with E-state index >= 15 is 0 Å². The van der Waals surface area contributed by atoms with Crippen LogP contribution in [0.15, 0.2) is 54.7 Å². The first-order valence-corrected chi connectivity index (χ1v) is 10.0. The van der Waals surface area contributed by atoms with Gasteiger partial charge in [0.25, 0.3) is 5.91 Å². The van der Waals surface area contributed by atoms with E-state index in [0.29, 0.717) is 18.8 Å². The number of rotatable bonds is 4. The zero-order valence-electron chi connectivity index (χ0n) is 16.0. The van der Waals surface area contributed by atoms with Crippen LogP contribution in [0.25, 0.3) is 0 Å². The first-order valence-electron chi connectivity index (χ1n) is 10.0. The van der Waals surface area contributed by atoms with Gasteiger partial charge in [-0.25, -0.2) is 0 Å². The van der Waals surface area contributed by atoms with E-state index in [1.165, 1.54) is 0 Å². The molecule has 148 valence electrons. The number of ether oxygens (including phenoxy) is 1. The molecule has 2 atom stereocenters. The van der Waals surface area contributed by atoms with Gasteiger partial charge in [0.15, 0.2) is 0 Å². The van der Waals surface area contributed by atoms with Crippen molar-refractivity contribution in [3.63, 3.8) is 0 Å². The SMILES string of the molecule is O=C(c1ccccn1)N1CCO[C@@H](CN2CCC(O)CC2)[C@@H]1c1ccccc1. The number of carbonyl (C=O) groups excluding carboxylic acids is 1. The summed E-state index contributed by atoms with van der Waals surface area (Å²) >= 11 is 0. The molecule has 1 amide bonds. The number of piperidine rings is 1. The molecule has 1 N–H and O–H groups in total. The Hall–Kier alpha value is -2.28. The molecule has 2 aromatic rings. The third kappa shape index (κ3) is 4.24. The van der Waals surface area contributed by atoms with Crippen LogP contribution in [0.4, 0.5) is 0 Å². The van der Waals surface area contributed by atoms with Gasteiger partial charge in [0.05, 0.1) is 24.9 Å². The average molecular weight is 381 g/mol. The molecule has 0 aliphatic carbocycles. The number of hydrogen-bond acceptors (Lipinski definition) is 5. The summed E-state index contributed by atoms with van der Waals surface area (Å²) in [6.45, 7) is 3.53. The second-order valence-corrected chi connectivity index (χ2v) is 7.51. The van der Waals surface area contributed by atoms with Crippen molar-refractivity contribution in [1.29, 1.82) is 0 Å². The van der Waals surface area contributed by atoms with Crippen LogP contribution in [-0.2, 0) is 4.74 Å². The number of amides is 1. The molecule has 2 aliphatic rings. The fourth-order valence-electron chi connectivity index (χ4n) is 4.15. The molecule has 0 unspecified atom stereocenters. The van der Waals surface area contributed by atoms with Crippen molar-refractivity contribution in [3.8, 4) is 0 Å². The molecule has 1 aromatic heterocycles. The standard InChI is InChI=1S/C22H27N3O3/c26-18-9-12-24(13-10-18)16-20-21(17-6-2-1-3-7-17)25(14-15-28-20)22(27)19-8-4-5-11-23-19/h1-8,11,18,20-21,26H,9-10,12-16H2/t20-,21-/m0/s1. The van der Waals surface area contributed by atoms with Crippen molar-refractivity contribution in [2.24, 2.45) is 0 Å². The van der Waals surface area contributed by atoms with Gasteiger partial charge in [0.1, 0.15) is 5.69 Å². The van der Waals surface area contributed by atoms with Crippen LogP contribution in [-0.4, -0.2) is 70.8 Å². The van der Waals surface area contributed by atoms with E-state index in [-0.39, 0.29) is 24.2 Å². The first kappa shape index (κ1) is 19.1. The molecule has 0 saturated carbocycles. The van der Waals surface area contributed by atoms with E-state index < -0.39 is 0 Å². The van der Waals surface area contributed by atoms with Gasteiger partial charge in [0, 0.05) is 32.4 Å². The number of benzene rings is 1. The van der Waals surface area contributed by atoms with Crippen molar-refractivity contribution < 1.29 is 14.6 Å². The number of aliphatic hydroxyl groups is 1. The Morgan fingerprint density at radius 2 is 1.82 bits per heavy atom. The molecule has 28 heavy (non-hydrogen) atoms. The minimum atomic E-state index is -0.198. The van der Waals surface area contributed by atoms with E-state index in [1.807, 2.05) is 35.2 Å². The van der Waals surface area contributed by atoms with Crippen molar-refractivity contribution in [3.05, 3.63) is 66.0 Å². The highest BCUT2D eigenvalue weighted by molar-refractivity contribution is 5.92. The zero-order valence-corrected chi connectivity index (χ0v) is 16.0. The number of hydrogen-bond donors (Lipinski definition) is 1. The summed E-state index contributed by atoms with van der Waals surface area (Å²) in [4.78, 5) is 21.7. The molecule has 0 radical (unpaired) electrons. The average Bonchev–Trinajstić information content (AvgIpc) is 2.76. The smallest absolute Gasteiger partial charge is 0.273 e. The summed E-state index contributed by atoms with van der Waals surface area (Å²) < 4.78 is 6.17. The number of likely N-dealkylation sites (tertiary alicyclic amines) is 1. The number of pyridine rings is 1. The van der Waals surface area contributed by atoms with E-state index in [9.17, 15) is 9.90 Å². The van der Waals surface area contributed by atoms with E-state index in [1.54, 1.807) is 12.3 Å². The lowest BCUT2D eigenvalue weighted by Crippen LogP contribution is -2.53. The molecule has 2 fully saturated rings. The number of carbonyl (C=O) groups is 1. The molecule has 3 heterocycles. The Kier molecular flexibility index (Phi) is 6.00. The summed E-state index contributed by atoms with van der Waals surface area (Å²) in [5, 5.41) is 9.79. The predicted octanol–water partition coefficient (Wildman–Crippen LogP) is 2.12. The van der Waals surface area contributed by atoms with Crippen LogP contribution in [0.3, 0.4) is 0 Å². The van der Waals surface area contributed by atoms with Crippen LogP contribution in [0.5, 0.6) is 0 Å². The highest BCUT2D eigenvalue weighted by Gasteiger charge is 2.38. The van der Waals surface area contributed by atoms with E-state index in [2.05, 4.69) is 22.0 Å². The molecular formula is C22H27N3O3. The fraction of sp³-hybridized carbons (Fsp3) is 0.455. The van der Waals surface area contributed by atoms with Gasteiger partial charge < -0.3 is 19.6 Å². The summed E-state index contributed by atoms with van der Waals surface area (Å²) in [7, 11) is 0. The van der Waals surface area contributed by atoms with Crippen LogP contribution in [0.2, 0.25) is 0 Å². The van der Waals surface area contributed by atoms with Crippen molar-refractivity contribution in [1.82, 2.24) is 14.8 Å². The topological polar surface area (TPSA) is 65.9 Å². The Morgan fingerprint density at radius 1 is 1.07 bits per heavy atom. The third-order valence-corrected chi connectivity index (χ3v) is 5.63. The quantitative estimate of drug-likeness (QED) is 0.879. The summed E-state index contributed by atoms with van der Waals surface area (Å²) in [6.07, 6.45) is 2.93. The number of morpholine rings is 1. The zero-order chi connectivity index (χ0) is 19.3. The highest BCUT2D eigenvalue weighted by atomic mass is 16.5. The number of aliphatic hydroxyl groups excluding tert-OH is 1. The fourth-order valence-corrected chi connectivity index (χ4v) is 4.15. The second-order valence-electron chi connectivity index (χ2n) is 7.51. The maximum Gasteiger partial charge on any atom is 0.273 e. The number of aromatic nitrogens is 1. The minimum absolute atomic E-state index is 0.0585. The van der Waals surface area contributed by atoms with Crippen molar-refractivity contribution >= 4 is 5.91 Å². The monoisotopic (exact) mass is 381 g/mol. The third-order valence-electron chi connectivity index (χ3n) is 5.63. The largest absolute Gasteiger partial charge is 0.393 e. The molecule has 2 saturated heterocycles. The molecule has 6 heteroatoms. The Labute approximate surface area is 165 Å². The Bertz CT molecular complexity index is 763. The van der Waals surface area contributed by atoms with E-state index in [0.717, 1.165) is 38.0 Å². The van der Waals surface area contributed by atoms with Crippen molar-refractivity contribution in [2.45, 2.75) is 31.1 Å². The van der Waals surface area contributed by atoms with Crippen LogP contribution >= 0.6 is 0 Å². The molecule has 0 bridgehead atoms. The maximum absolute atomic E-state index is 13.2. The summed E-state index contributed by atoms with van der Waals surface area (Å²) in [5.41, 5.74) is 1.54. The van der Waals surface area contributed by atoms with Gasteiger partial charge in [0.2, 0.25) is 0 Å². The van der Waals surface area contributed by atoms with Gasteiger partial charge in [-0.2, -0.15) is 0 Å². The summed E-state index contributed by atoms with van der Waals surface area (Å²) in [6, 6.07) is 15.4. The molecule has 1 aromatic carbocycles. The molecular weight excluding hydrogens is 354 g/mol. The molecule has 2 aliphatic heterocycles. The van der Waals surface area contributed by atoms with Gasteiger partial charge in [-0.1, -0.05) is 36.4 Å². The highest BCUT2D eigenvalue weighted by Crippen LogP contribution is 2.31. The van der Waals surface area contributed by atoms with E-state index in [4.69, 9.17) is 4.74 Å². The molecule has 6 nitrogen and oxygen atoms in total. The lowest BCUT2D eigenvalue weighted by Gasteiger charge is -2.43. The summed E-state index contributed by atoms with van der Waals surface area (Å²) in [5.74, 6) is -0.0585. The minimum Gasteiger partial charge on any atom is -0.393 e. The van der Waals surface area contributed by atoms with Crippen LogP contribution in [0, 0.1) is 0 Å². The van der Waals surface area contributed by atoms with Gasteiger partial charge in [-0.15, -0.1) is 0 Å². The molecule has 4 rings (SSSR count). The number of nitrogens with zero attached hydrogens (tertiary/aromatic N) is 3. The second kappa shape index (κ2) is 8.82.